The fraction of sp³-hybridized carbons (Fsp3) is 0.211. The summed E-state index contributed by atoms with van der Waals surface area (Å²) in [7, 11) is -3.31. The SMILES string of the molecule is CCOc1ccc(C(=O)N(c2ccc(Cl)cc2)[C@@H]2C=CS(=O)(=O)C2)cc1. The molecule has 0 bridgehead atoms. The van der Waals surface area contributed by atoms with Crippen molar-refractivity contribution in [3.8, 4) is 5.75 Å². The third-order valence-corrected chi connectivity index (χ3v) is 5.61. The van der Waals surface area contributed by atoms with E-state index in [1.165, 1.54) is 11.0 Å². The molecule has 5 nitrogen and oxygen atoms in total. The molecule has 0 radical (unpaired) electrons. The van der Waals surface area contributed by atoms with E-state index < -0.39 is 15.9 Å². The van der Waals surface area contributed by atoms with Crippen LogP contribution in [0.5, 0.6) is 5.75 Å². The summed E-state index contributed by atoms with van der Waals surface area (Å²) in [5, 5.41) is 1.70. The highest BCUT2D eigenvalue weighted by atomic mass is 35.5. The lowest BCUT2D eigenvalue weighted by atomic mass is 10.1. The van der Waals surface area contributed by atoms with Gasteiger partial charge in [-0.15, -0.1) is 0 Å². The number of amides is 1. The number of benzene rings is 2. The van der Waals surface area contributed by atoms with E-state index in [9.17, 15) is 13.2 Å². The van der Waals surface area contributed by atoms with Crippen LogP contribution in [0.15, 0.2) is 60.0 Å². The molecule has 0 saturated carbocycles. The number of anilines is 1. The Kier molecular flexibility index (Phi) is 5.34. The lowest BCUT2D eigenvalue weighted by Gasteiger charge is -2.28. The number of halogens is 1. The number of ether oxygens (including phenoxy) is 1. The van der Waals surface area contributed by atoms with Crippen molar-refractivity contribution in [2.24, 2.45) is 0 Å². The Morgan fingerprint density at radius 1 is 1.15 bits per heavy atom. The van der Waals surface area contributed by atoms with Crippen LogP contribution in [0, 0.1) is 0 Å². The Hall–Kier alpha value is -2.31. The van der Waals surface area contributed by atoms with Crippen LogP contribution in [0.1, 0.15) is 17.3 Å². The van der Waals surface area contributed by atoms with Crippen molar-refractivity contribution in [3.05, 3.63) is 70.6 Å². The zero-order valence-electron chi connectivity index (χ0n) is 14.1. The van der Waals surface area contributed by atoms with Crippen molar-refractivity contribution in [3.63, 3.8) is 0 Å². The van der Waals surface area contributed by atoms with Gasteiger partial charge in [0.2, 0.25) is 0 Å². The molecule has 2 aromatic rings. The van der Waals surface area contributed by atoms with Gasteiger partial charge in [0.25, 0.3) is 5.91 Å². The highest BCUT2D eigenvalue weighted by Crippen LogP contribution is 2.27. The smallest absolute Gasteiger partial charge is 0.258 e. The highest BCUT2D eigenvalue weighted by Gasteiger charge is 2.32. The zero-order valence-corrected chi connectivity index (χ0v) is 15.7. The Labute approximate surface area is 157 Å². The third-order valence-electron chi connectivity index (χ3n) is 3.98. The van der Waals surface area contributed by atoms with Gasteiger partial charge in [0, 0.05) is 21.7 Å². The number of nitrogens with zero attached hydrogens (tertiary/aromatic N) is 1. The zero-order chi connectivity index (χ0) is 18.7. The lowest BCUT2D eigenvalue weighted by molar-refractivity contribution is 0.0983. The van der Waals surface area contributed by atoms with Crippen LogP contribution >= 0.6 is 11.6 Å². The Morgan fingerprint density at radius 2 is 1.81 bits per heavy atom. The number of sulfone groups is 1. The molecule has 1 atom stereocenters. The average molecular weight is 392 g/mol. The van der Waals surface area contributed by atoms with Crippen LogP contribution < -0.4 is 9.64 Å². The Morgan fingerprint density at radius 3 is 2.35 bits per heavy atom. The van der Waals surface area contributed by atoms with E-state index in [0.717, 1.165) is 5.41 Å². The molecular weight excluding hydrogens is 374 g/mol. The maximum atomic E-state index is 13.1. The predicted octanol–water partition coefficient (Wildman–Crippen LogP) is 3.70. The topological polar surface area (TPSA) is 63.7 Å². The molecule has 136 valence electrons. The van der Waals surface area contributed by atoms with Crippen LogP contribution in [-0.4, -0.2) is 32.7 Å². The quantitative estimate of drug-likeness (QED) is 0.779. The predicted molar refractivity (Wildman–Crippen MR) is 103 cm³/mol. The largest absolute Gasteiger partial charge is 0.494 e. The molecule has 1 amide bonds. The molecule has 26 heavy (non-hydrogen) atoms. The van der Waals surface area contributed by atoms with E-state index >= 15 is 0 Å². The van der Waals surface area contributed by atoms with E-state index in [1.807, 2.05) is 6.92 Å². The molecule has 0 fully saturated rings. The van der Waals surface area contributed by atoms with E-state index in [4.69, 9.17) is 16.3 Å². The minimum absolute atomic E-state index is 0.140. The summed E-state index contributed by atoms with van der Waals surface area (Å²) in [5.41, 5.74) is 1.03. The second-order valence-electron chi connectivity index (χ2n) is 5.83. The normalized spacial score (nSPS) is 17.8. The number of hydrogen-bond donors (Lipinski definition) is 0. The maximum absolute atomic E-state index is 13.1. The van der Waals surface area contributed by atoms with Crippen molar-refractivity contribution < 1.29 is 17.9 Å². The van der Waals surface area contributed by atoms with Gasteiger partial charge in [0.05, 0.1) is 18.4 Å². The standard InChI is InChI=1S/C19H18ClNO4S/c1-2-25-18-9-3-14(4-10-18)19(22)21(16-7-5-15(20)6-8-16)17-11-12-26(23,24)13-17/h3-12,17H,2,13H2,1H3/t17-/m1/s1. The number of hydrogen-bond acceptors (Lipinski definition) is 4. The summed E-state index contributed by atoms with van der Waals surface area (Å²) in [6.07, 6.45) is 1.54. The summed E-state index contributed by atoms with van der Waals surface area (Å²) in [6.45, 7) is 2.42. The second-order valence-corrected chi connectivity index (χ2v) is 8.20. The fourth-order valence-electron chi connectivity index (χ4n) is 2.78. The van der Waals surface area contributed by atoms with Gasteiger partial charge in [-0.2, -0.15) is 0 Å². The van der Waals surface area contributed by atoms with Gasteiger partial charge < -0.3 is 9.64 Å². The minimum Gasteiger partial charge on any atom is -0.494 e. The summed E-state index contributed by atoms with van der Waals surface area (Å²) in [4.78, 5) is 14.6. The number of carbonyl (C=O) groups is 1. The molecule has 0 N–H and O–H groups in total. The van der Waals surface area contributed by atoms with Gasteiger partial charge in [-0.1, -0.05) is 11.6 Å². The van der Waals surface area contributed by atoms with Crippen molar-refractivity contribution in [1.29, 1.82) is 0 Å². The number of rotatable bonds is 5. The molecular formula is C19H18ClNO4S. The molecule has 0 saturated heterocycles. The van der Waals surface area contributed by atoms with Gasteiger partial charge in [-0.3, -0.25) is 4.79 Å². The summed E-state index contributed by atoms with van der Waals surface area (Å²) >= 11 is 5.94. The van der Waals surface area contributed by atoms with Gasteiger partial charge in [0.15, 0.2) is 9.84 Å². The molecule has 7 heteroatoms. The van der Waals surface area contributed by atoms with Gasteiger partial charge in [0.1, 0.15) is 5.75 Å². The molecule has 3 rings (SSSR count). The summed E-state index contributed by atoms with van der Waals surface area (Å²) in [6, 6.07) is 13.0. The van der Waals surface area contributed by atoms with Crippen LogP contribution in [0.2, 0.25) is 5.02 Å². The van der Waals surface area contributed by atoms with Crippen LogP contribution in [-0.2, 0) is 9.84 Å². The molecule has 0 spiro atoms. The first-order valence-corrected chi connectivity index (χ1v) is 10.2. The first kappa shape index (κ1) is 18.5. The molecule has 0 aliphatic carbocycles. The third kappa shape index (κ3) is 4.08. The van der Waals surface area contributed by atoms with Crippen LogP contribution in [0.3, 0.4) is 0 Å². The van der Waals surface area contributed by atoms with E-state index in [2.05, 4.69) is 0 Å². The van der Waals surface area contributed by atoms with Crippen molar-refractivity contribution in [1.82, 2.24) is 0 Å². The molecule has 2 aromatic carbocycles. The Balaban J connectivity index is 1.95. The van der Waals surface area contributed by atoms with Crippen molar-refractivity contribution >= 4 is 33.0 Å². The van der Waals surface area contributed by atoms with Crippen molar-refractivity contribution in [2.45, 2.75) is 13.0 Å². The van der Waals surface area contributed by atoms with Crippen LogP contribution in [0.4, 0.5) is 5.69 Å². The number of carbonyl (C=O) groups excluding carboxylic acids is 1. The van der Waals surface area contributed by atoms with Gasteiger partial charge >= 0.3 is 0 Å². The van der Waals surface area contributed by atoms with Gasteiger partial charge in [-0.25, -0.2) is 8.42 Å². The first-order valence-electron chi connectivity index (χ1n) is 8.12. The first-order chi connectivity index (χ1) is 12.4. The Bertz CT molecular complexity index is 921. The highest BCUT2D eigenvalue weighted by molar-refractivity contribution is 7.94. The van der Waals surface area contributed by atoms with Crippen LogP contribution in [0.25, 0.3) is 0 Å². The second kappa shape index (κ2) is 7.51. The van der Waals surface area contributed by atoms with E-state index in [-0.39, 0.29) is 11.7 Å². The fourth-order valence-corrected chi connectivity index (χ4v) is 4.17. The van der Waals surface area contributed by atoms with E-state index in [0.29, 0.717) is 28.6 Å². The monoisotopic (exact) mass is 391 g/mol. The average Bonchev–Trinajstić information content (AvgIpc) is 2.97. The molecule has 0 unspecified atom stereocenters. The van der Waals surface area contributed by atoms with E-state index in [1.54, 1.807) is 48.5 Å². The molecule has 1 aliphatic heterocycles. The summed E-state index contributed by atoms with van der Waals surface area (Å²) < 4.78 is 29.1. The van der Waals surface area contributed by atoms with Crippen molar-refractivity contribution in [2.75, 3.05) is 17.3 Å². The molecule has 1 aliphatic rings. The molecule has 1 heterocycles. The maximum Gasteiger partial charge on any atom is 0.258 e. The summed E-state index contributed by atoms with van der Waals surface area (Å²) in [5.74, 6) is 0.242. The lowest BCUT2D eigenvalue weighted by Crippen LogP contribution is -2.41. The molecule has 0 aromatic heterocycles. The minimum atomic E-state index is -3.31. The van der Waals surface area contributed by atoms with Gasteiger partial charge in [-0.05, 0) is 61.5 Å².